The normalized spacial score (nSPS) is 10.2. The van der Waals surface area contributed by atoms with Crippen molar-refractivity contribution < 1.29 is 23.0 Å². The molecule has 0 saturated heterocycles. The average molecular weight is 370 g/mol. The third kappa shape index (κ3) is 6.80. The Balaban J connectivity index is 0.000000257. The molecule has 0 aliphatic rings. The van der Waals surface area contributed by atoms with E-state index in [9.17, 15) is 28.6 Å². The summed E-state index contributed by atoms with van der Waals surface area (Å²) in [4.78, 5) is 20.4. The second kappa shape index (κ2) is 8.56. The minimum Gasteiger partial charge on any atom is -0.282 e. The summed E-state index contributed by atoms with van der Waals surface area (Å²) in [5.74, 6) is 0. The van der Waals surface area contributed by atoms with Gasteiger partial charge in [-0.3, -0.25) is 4.55 Å². The molecule has 11 nitrogen and oxygen atoms in total. The molecule has 0 unspecified atom stereocenters. The van der Waals surface area contributed by atoms with Crippen molar-refractivity contribution in [2.45, 2.75) is 11.8 Å². The summed E-state index contributed by atoms with van der Waals surface area (Å²) in [5, 5.41) is 18.7. The monoisotopic (exact) mass is 370 g/mol. The summed E-state index contributed by atoms with van der Waals surface area (Å²) in [5.41, 5.74) is 2.49. The fraction of sp³-hybridized carbons (Fsp3) is 0.0769. The predicted molar refractivity (Wildman–Crippen MR) is 87.0 cm³/mol. The Morgan fingerprint density at radius 3 is 1.92 bits per heavy atom. The second-order valence-electron chi connectivity index (χ2n) is 4.53. The topological polar surface area (TPSA) is 156 Å². The summed E-state index contributed by atoms with van der Waals surface area (Å²) in [7, 11) is -4.02. The largest absolute Gasteiger partial charge is 0.294 e. The van der Waals surface area contributed by atoms with Crippen LogP contribution in [-0.2, 0) is 10.1 Å². The van der Waals surface area contributed by atoms with Gasteiger partial charge in [0.25, 0.3) is 10.1 Å². The van der Waals surface area contributed by atoms with Crippen molar-refractivity contribution >= 4 is 15.8 Å². The molecule has 2 N–H and O–H groups in total. The van der Waals surface area contributed by atoms with Crippen molar-refractivity contribution in [2.75, 3.05) is 5.12 Å². The number of aryl methyl sites for hydroxylation is 1. The summed E-state index contributed by atoms with van der Waals surface area (Å²) in [6, 6.07) is 13.5. The minimum atomic E-state index is -4.02. The van der Waals surface area contributed by atoms with E-state index in [4.69, 9.17) is 4.55 Å². The predicted octanol–water partition coefficient (Wildman–Crippen LogP) is 1.62. The molecule has 12 heteroatoms. The highest BCUT2D eigenvalue weighted by Gasteiger charge is 2.21. The first-order valence-electron chi connectivity index (χ1n) is 6.55. The van der Waals surface area contributed by atoms with E-state index in [1.165, 1.54) is 41.9 Å². The number of nitro groups is 2. The smallest absolute Gasteiger partial charge is 0.282 e. The number of benzene rings is 2. The first-order chi connectivity index (χ1) is 11.6. The molecule has 0 spiro atoms. The van der Waals surface area contributed by atoms with Crippen molar-refractivity contribution in [3.8, 4) is 0 Å². The first kappa shape index (κ1) is 19.8. The van der Waals surface area contributed by atoms with E-state index in [1.54, 1.807) is 18.2 Å². The zero-order chi connectivity index (χ0) is 19.0. The van der Waals surface area contributed by atoms with Gasteiger partial charge >= 0.3 is 0 Å². The van der Waals surface area contributed by atoms with Crippen LogP contribution in [-0.4, -0.2) is 23.0 Å². The van der Waals surface area contributed by atoms with Crippen LogP contribution in [0.4, 0.5) is 5.69 Å². The van der Waals surface area contributed by atoms with Crippen LogP contribution < -0.4 is 10.7 Å². The molecular formula is C13H14N4O7S. The Labute approximate surface area is 142 Å². The molecule has 2 aromatic rings. The summed E-state index contributed by atoms with van der Waals surface area (Å²) >= 11 is 0. The molecule has 134 valence electrons. The molecule has 0 atom stereocenters. The molecular weight excluding hydrogens is 356 g/mol. The van der Waals surface area contributed by atoms with Crippen molar-refractivity contribution in [3.63, 3.8) is 0 Å². The third-order valence-corrected chi connectivity index (χ3v) is 3.53. The molecule has 0 bridgehead atoms. The molecule has 0 aromatic heterocycles. The average Bonchev–Trinajstić information content (AvgIpc) is 2.53. The SMILES string of the molecule is Cc1ccc(S(=O)(=O)O)cc1.O=[N+]([O-])NN(c1ccccc1)[N+](=O)[O-]. The number of rotatable bonds is 5. The maximum absolute atomic E-state index is 10.5. The molecule has 0 heterocycles. The van der Waals surface area contributed by atoms with Gasteiger partial charge in [-0.2, -0.15) is 8.42 Å². The van der Waals surface area contributed by atoms with Crippen LogP contribution >= 0.6 is 0 Å². The Hall–Kier alpha value is -3.25. The van der Waals surface area contributed by atoms with E-state index in [0.29, 0.717) is 0 Å². The van der Waals surface area contributed by atoms with Gasteiger partial charge < -0.3 is 0 Å². The maximum atomic E-state index is 10.5. The van der Waals surface area contributed by atoms with Gasteiger partial charge in [0.2, 0.25) is 0 Å². The summed E-state index contributed by atoms with van der Waals surface area (Å²) in [6.07, 6.45) is 0. The molecule has 0 saturated carbocycles. The van der Waals surface area contributed by atoms with Crippen LogP contribution in [0.25, 0.3) is 0 Å². The minimum absolute atomic E-state index is 0.0666. The van der Waals surface area contributed by atoms with E-state index in [2.05, 4.69) is 0 Å². The van der Waals surface area contributed by atoms with E-state index < -0.39 is 20.2 Å². The standard InChI is InChI=1S/C7H8O3S.C6H6N4O4/c1-6-2-4-7(5-3-6)11(8,9)10;11-9(12)7-8(10(13)14)6-4-2-1-3-5-6/h2-5H,1H3,(H,8,9,10);1-5,7H. The van der Waals surface area contributed by atoms with Crippen LogP contribution in [0.2, 0.25) is 0 Å². The number of anilines is 1. The lowest BCUT2D eigenvalue weighted by Gasteiger charge is -2.08. The molecule has 0 radical (unpaired) electrons. The van der Waals surface area contributed by atoms with Crippen LogP contribution in [0.3, 0.4) is 0 Å². The van der Waals surface area contributed by atoms with Gasteiger partial charge in [0.05, 0.1) is 10.0 Å². The molecule has 2 rings (SSSR count). The van der Waals surface area contributed by atoms with Gasteiger partial charge in [-0.15, -0.1) is 0 Å². The summed E-state index contributed by atoms with van der Waals surface area (Å²) in [6.45, 7) is 1.84. The first-order valence-corrected chi connectivity index (χ1v) is 7.99. The Morgan fingerprint density at radius 2 is 1.52 bits per heavy atom. The van der Waals surface area contributed by atoms with Crippen LogP contribution in [0, 0.1) is 27.2 Å². The van der Waals surface area contributed by atoms with Gasteiger partial charge in [-0.1, -0.05) is 35.9 Å². The van der Waals surface area contributed by atoms with Crippen LogP contribution in [0.5, 0.6) is 0 Å². The second-order valence-corrected chi connectivity index (χ2v) is 5.95. The molecule has 2 aromatic carbocycles. The molecule has 25 heavy (non-hydrogen) atoms. The molecule has 0 fully saturated rings. The van der Waals surface area contributed by atoms with Gasteiger partial charge in [0.15, 0.2) is 10.1 Å². The van der Waals surface area contributed by atoms with E-state index in [1.807, 2.05) is 6.92 Å². The molecule has 0 aliphatic heterocycles. The third-order valence-electron chi connectivity index (χ3n) is 2.66. The molecule has 0 aliphatic carbocycles. The lowest BCUT2D eigenvalue weighted by Crippen LogP contribution is -2.45. The van der Waals surface area contributed by atoms with Gasteiger partial charge in [0.1, 0.15) is 5.69 Å². The fourth-order valence-corrected chi connectivity index (χ4v) is 2.03. The van der Waals surface area contributed by atoms with E-state index >= 15 is 0 Å². The highest BCUT2D eigenvalue weighted by Crippen LogP contribution is 2.10. The highest BCUT2D eigenvalue weighted by molar-refractivity contribution is 7.85. The zero-order valence-corrected chi connectivity index (χ0v) is 13.7. The number of nitrogens with zero attached hydrogens (tertiary/aromatic N) is 3. The zero-order valence-electron chi connectivity index (χ0n) is 12.8. The van der Waals surface area contributed by atoms with E-state index in [0.717, 1.165) is 5.56 Å². The number of para-hydroxylation sites is 1. The molecule has 0 amide bonds. The number of hydrazine groups is 3. The van der Waals surface area contributed by atoms with Gasteiger partial charge in [0, 0.05) is 5.53 Å². The Bertz CT molecular complexity index is 825. The Kier molecular flexibility index (Phi) is 6.78. The lowest BCUT2D eigenvalue weighted by molar-refractivity contribution is -0.620. The van der Waals surface area contributed by atoms with Crippen LogP contribution in [0.15, 0.2) is 59.5 Å². The number of hydrogen-bond donors (Lipinski definition) is 2. The number of nitrogens with one attached hydrogen (secondary N) is 1. The fourth-order valence-electron chi connectivity index (χ4n) is 1.55. The maximum Gasteiger partial charge on any atom is 0.294 e. The highest BCUT2D eigenvalue weighted by atomic mass is 32.2. The lowest BCUT2D eigenvalue weighted by atomic mass is 10.2. The van der Waals surface area contributed by atoms with E-state index in [-0.39, 0.29) is 15.7 Å². The van der Waals surface area contributed by atoms with Crippen molar-refractivity contribution in [1.29, 1.82) is 0 Å². The van der Waals surface area contributed by atoms with Crippen molar-refractivity contribution in [3.05, 3.63) is 80.4 Å². The van der Waals surface area contributed by atoms with Gasteiger partial charge in [-0.25, -0.2) is 20.2 Å². The number of hydrogen-bond acceptors (Lipinski definition) is 6. The van der Waals surface area contributed by atoms with Crippen LogP contribution in [0.1, 0.15) is 5.56 Å². The quantitative estimate of drug-likeness (QED) is 0.453. The van der Waals surface area contributed by atoms with Crippen molar-refractivity contribution in [1.82, 2.24) is 5.53 Å². The van der Waals surface area contributed by atoms with Crippen molar-refractivity contribution in [2.24, 2.45) is 0 Å². The van der Waals surface area contributed by atoms with Gasteiger partial charge in [-0.05, 0) is 31.2 Å². The Morgan fingerprint density at radius 1 is 1.00 bits per heavy atom. The summed E-state index contributed by atoms with van der Waals surface area (Å²) < 4.78 is 29.6.